The lowest BCUT2D eigenvalue weighted by atomic mass is 9.84. The van der Waals surface area contributed by atoms with Crippen LogP contribution in [0.15, 0.2) is 18.2 Å². The lowest BCUT2D eigenvalue weighted by Crippen LogP contribution is -2.63. The molecule has 2 amide bonds. The van der Waals surface area contributed by atoms with Crippen LogP contribution in [0.1, 0.15) is 58.9 Å². The summed E-state index contributed by atoms with van der Waals surface area (Å²) in [4.78, 5) is 39.8. The van der Waals surface area contributed by atoms with Gasteiger partial charge in [-0.2, -0.15) is 4.68 Å². The molecule has 37 heavy (non-hydrogen) atoms. The molecule has 3 N–H and O–H groups in total. The van der Waals surface area contributed by atoms with E-state index in [9.17, 15) is 14.4 Å². The number of rotatable bonds is 7. The lowest BCUT2D eigenvalue weighted by molar-refractivity contribution is -0.149. The molecule has 0 bridgehead atoms. The van der Waals surface area contributed by atoms with Crippen LogP contribution in [-0.4, -0.2) is 76.5 Å². The largest absolute Gasteiger partial charge is 0.466 e. The Balaban J connectivity index is 1.27. The number of carbonyl (C=O) groups excluding carboxylic acids is 3. The highest BCUT2D eigenvalue weighted by molar-refractivity contribution is 5.98. The molecule has 1 aromatic heterocycles. The van der Waals surface area contributed by atoms with Crippen molar-refractivity contribution in [1.82, 2.24) is 25.3 Å². The number of fused-ring (bicyclic) bond motifs is 1. The number of amides is 2. The minimum absolute atomic E-state index is 0.0296. The van der Waals surface area contributed by atoms with Gasteiger partial charge in [-0.15, -0.1) is 5.10 Å². The van der Waals surface area contributed by atoms with Crippen LogP contribution in [0, 0.1) is 12.8 Å². The number of likely N-dealkylation sites (tertiary alicyclic amines) is 1. The minimum atomic E-state index is -0.398. The van der Waals surface area contributed by atoms with E-state index in [4.69, 9.17) is 4.74 Å². The van der Waals surface area contributed by atoms with Crippen molar-refractivity contribution < 1.29 is 19.1 Å². The highest BCUT2D eigenvalue weighted by atomic mass is 16.5. The normalized spacial score (nSPS) is 20.8. The van der Waals surface area contributed by atoms with Crippen molar-refractivity contribution in [2.24, 2.45) is 5.92 Å². The zero-order valence-electron chi connectivity index (χ0n) is 22.6. The quantitative estimate of drug-likeness (QED) is 0.488. The first kappa shape index (κ1) is 26.9. The van der Waals surface area contributed by atoms with Crippen LogP contribution in [0.3, 0.4) is 0 Å². The average Bonchev–Trinajstić information content (AvgIpc) is 3.17. The summed E-state index contributed by atoms with van der Waals surface area (Å²) in [5, 5.41) is 14.4. The van der Waals surface area contributed by atoms with Crippen molar-refractivity contribution in [3.05, 3.63) is 23.8 Å². The summed E-state index contributed by atoms with van der Waals surface area (Å²) in [6.45, 7) is 11.7. The third-order valence-electron chi connectivity index (χ3n) is 7.03. The number of ether oxygens (including phenoxy) is 1. The fourth-order valence-corrected chi connectivity index (χ4v) is 5.17. The summed E-state index contributed by atoms with van der Waals surface area (Å²) < 4.78 is 6.51. The fourth-order valence-electron chi connectivity index (χ4n) is 5.17. The number of hydrogen-bond donors (Lipinski definition) is 3. The van der Waals surface area contributed by atoms with Gasteiger partial charge in [0.2, 0.25) is 5.91 Å². The van der Waals surface area contributed by atoms with Gasteiger partial charge in [-0.05, 0) is 72.4 Å². The second kappa shape index (κ2) is 11.1. The average molecular weight is 513 g/mol. The smallest absolute Gasteiger partial charge is 0.343 e. The van der Waals surface area contributed by atoms with E-state index in [1.54, 1.807) is 0 Å². The molecule has 1 aliphatic carbocycles. The first-order valence-corrected chi connectivity index (χ1v) is 13.3. The van der Waals surface area contributed by atoms with Crippen LogP contribution in [0.5, 0.6) is 0 Å². The minimum Gasteiger partial charge on any atom is -0.466 e. The van der Waals surface area contributed by atoms with E-state index in [1.165, 1.54) is 4.68 Å². The molecule has 1 saturated heterocycles. The van der Waals surface area contributed by atoms with E-state index >= 15 is 0 Å². The number of hydrogen-bond acceptors (Lipinski definition) is 7. The summed E-state index contributed by atoms with van der Waals surface area (Å²) in [6, 6.07) is 6.04. The molecule has 0 atom stereocenters. The van der Waals surface area contributed by atoms with Crippen molar-refractivity contribution in [1.29, 1.82) is 0 Å². The third kappa shape index (κ3) is 6.60. The Bertz CT molecular complexity index is 1140. The number of benzene rings is 1. The maximum absolute atomic E-state index is 12.8. The molecule has 0 spiro atoms. The summed E-state index contributed by atoms with van der Waals surface area (Å²) in [7, 11) is 0. The standard InChI is InChI=1S/C27H40N6O4/c1-6-37-25(35)18-8-10-20(11-9-18)32-15-19(16-32)29-23(34)14-28-24-21-13-17(2)7-12-22(21)33(31-24)26(36)30-27(3,4)5/h7,12-13,18-20H,6,8-11,14-16H2,1-5H3,(H,28,31)(H,29,34)(H,30,36)/t18-,20+. The van der Waals surface area contributed by atoms with Crippen molar-refractivity contribution in [3.63, 3.8) is 0 Å². The number of carbonyl (C=O) groups is 3. The van der Waals surface area contributed by atoms with Gasteiger partial charge in [0.25, 0.3) is 0 Å². The van der Waals surface area contributed by atoms with Gasteiger partial charge in [0.1, 0.15) is 0 Å². The van der Waals surface area contributed by atoms with Crippen LogP contribution in [0.2, 0.25) is 0 Å². The first-order valence-electron chi connectivity index (χ1n) is 13.3. The molecule has 0 radical (unpaired) electrons. The van der Waals surface area contributed by atoms with E-state index in [0.29, 0.717) is 24.0 Å². The Hall–Kier alpha value is -3.14. The molecule has 0 unspecified atom stereocenters. The summed E-state index contributed by atoms with van der Waals surface area (Å²) in [6.07, 6.45) is 3.72. The molecule has 1 saturated carbocycles. The Labute approximate surface area is 218 Å². The van der Waals surface area contributed by atoms with Gasteiger partial charge in [0.05, 0.1) is 30.6 Å². The third-order valence-corrected chi connectivity index (χ3v) is 7.03. The van der Waals surface area contributed by atoms with Crippen molar-refractivity contribution >= 4 is 34.6 Å². The molecule has 4 rings (SSSR count). The molecule has 202 valence electrons. The van der Waals surface area contributed by atoms with Gasteiger partial charge in [-0.3, -0.25) is 14.5 Å². The number of aromatic nitrogens is 2. The van der Waals surface area contributed by atoms with Crippen LogP contribution >= 0.6 is 0 Å². The maximum atomic E-state index is 12.8. The Morgan fingerprint density at radius 2 is 1.81 bits per heavy atom. The van der Waals surface area contributed by atoms with Crippen molar-refractivity contribution in [2.75, 3.05) is 31.6 Å². The van der Waals surface area contributed by atoms with E-state index in [-0.39, 0.29) is 36.4 Å². The highest BCUT2D eigenvalue weighted by Crippen LogP contribution is 2.31. The predicted molar refractivity (Wildman–Crippen MR) is 143 cm³/mol. The van der Waals surface area contributed by atoms with Gasteiger partial charge in [0, 0.05) is 30.1 Å². The fraction of sp³-hybridized carbons (Fsp3) is 0.630. The van der Waals surface area contributed by atoms with Crippen molar-refractivity contribution in [2.45, 2.75) is 77.9 Å². The van der Waals surface area contributed by atoms with Gasteiger partial charge in [-0.25, -0.2) is 4.79 Å². The zero-order valence-corrected chi connectivity index (χ0v) is 22.6. The van der Waals surface area contributed by atoms with E-state index < -0.39 is 5.54 Å². The Morgan fingerprint density at radius 1 is 1.11 bits per heavy atom. The maximum Gasteiger partial charge on any atom is 0.343 e. The second-order valence-electron chi connectivity index (χ2n) is 11.3. The lowest BCUT2D eigenvalue weighted by Gasteiger charge is -2.46. The van der Waals surface area contributed by atoms with Gasteiger partial charge in [-0.1, -0.05) is 11.6 Å². The molecule has 2 aromatic rings. The van der Waals surface area contributed by atoms with Crippen LogP contribution in [0.4, 0.5) is 10.6 Å². The number of nitrogens with one attached hydrogen (secondary N) is 3. The Kier molecular flexibility index (Phi) is 8.06. The molecule has 10 heteroatoms. The highest BCUT2D eigenvalue weighted by Gasteiger charge is 2.36. The van der Waals surface area contributed by atoms with Gasteiger partial charge >= 0.3 is 12.0 Å². The summed E-state index contributed by atoms with van der Waals surface area (Å²) >= 11 is 0. The number of nitrogens with zero attached hydrogens (tertiary/aromatic N) is 3. The van der Waals surface area contributed by atoms with E-state index in [1.807, 2.05) is 52.8 Å². The number of aryl methyl sites for hydroxylation is 1. The number of anilines is 1. The topological polar surface area (TPSA) is 118 Å². The summed E-state index contributed by atoms with van der Waals surface area (Å²) in [5.41, 5.74) is 1.33. The summed E-state index contributed by atoms with van der Waals surface area (Å²) in [5.74, 6) is 0.364. The first-order chi connectivity index (χ1) is 17.5. The molecule has 2 heterocycles. The molecule has 2 fully saturated rings. The molecule has 2 aliphatic rings. The van der Waals surface area contributed by atoms with Crippen LogP contribution in [0.25, 0.3) is 10.9 Å². The zero-order chi connectivity index (χ0) is 26.7. The second-order valence-corrected chi connectivity index (χ2v) is 11.3. The monoisotopic (exact) mass is 512 g/mol. The van der Waals surface area contributed by atoms with Crippen molar-refractivity contribution in [3.8, 4) is 0 Å². The Morgan fingerprint density at radius 3 is 2.46 bits per heavy atom. The van der Waals surface area contributed by atoms with E-state index in [2.05, 4.69) is 25.9 Å². The number of esters is 1. The molecule has 10 nitrogen and oxygen atoms in total. The van der Waals surface area contributed by atoms with Gasteiger partial charge in [0.15, 0.2) is 5.82 Å². The molecule has 1 aliphatic heterocycles. The van der Waals surface area contributed by atoms with Gasteiger partial charge < -0.3 is 20.7 Å². The van der Waals surface area contributed by atoms with E-state index in [0.717, 1.165) is 49.7 Å². The SMILES string of the molecule is CCOC(=O)[C@H]1CC[C@@H](N2CC(NC(=O)CNc3nn(C(=O)NC(C)(C)C)c4ccc(C)cc34)C2)CC1. The molecular weight excluding hydrogens is 472 g/mol. The van der Waals surface area contributed by atoms with Crippen LogP contribution in [-0.2, 0) is 14.3 Å². The predicted octanol–water partition coefficient (Wildman–Crippen LogP) is 3.04. The van der Waals surface area contributed by atoms with Crippen LogP contribution < -0.4 is 16.0 Å². The molecular formula is C27H40N6O4. The molecule has 1 aromatic carbocycles.